The van der Waals surface area contributed by atoms with Gasteiger partial charge in [0.1, 0.15) is 0 Å². The Kier molecular flexibility index (Phi) is 6.97. The molecule has 0 bridgehead atoms. The van der Waals surface area contributed by atoms with E-state index >= 15 is 0 Å². The first kappa shape index (κ1) is 19.5. The number of para-hydroxylation sites is 1. The van der Waals surface area contributed by atoms with Gasteiger partial charge in [0.25, 0.3) is 0 Å². The minimum absolute atomic E-state index is 0.0322. The summed E-state index contributed by atoms with van der Waals surface area (Å²) in [5.74, 6) is 0.297. The Morgan fingerprint density at radius 2 is 2.15 bits per heavy atom. The monoisotopic (exact) mass is 403 g/mol. The zero-order valence-corrected chi connectivity index (χ0v) is 16.9. The molecule has 0 atom stereocenters. The molecule has 0 unspecified atom stereocenters. The molecule has 0 aliphatic carbocycles. The van der Waals surface area contributed by atoms with E-state index in [1.807, 2.05) is 53.6 Å². The number of methoxy groups -OCH3 is 1. The first-order valence-corrected chi connectivity index (χ1v) is 10.3. The van der Waals surface area contributed by atoms with Crippen LogP contribution < -0.4 is 0 Å². The van der Waals surface area contributed by atoms with Gasteiger partial charge in [-0.2, -0.15) is 4.68 Å². The molecule has 7 nitrogen and oxygen atoms in total. The van der Waals surface area contributed by atoms with Crippen LogP contribution in [0.5, 0.6) is 0 Å². The molecule has 9 heteroatoms. The second-order valence-corrected chi connectivity index (χ2v) is 7.81. The second kappa shape index (κ2) is 9.63. The fourth-order valence-electron chi connectivity index (χ4n) is 2.52. The molecule has 0 radical (unpaired) electrons. The lowest BCUT2D eigenvalue weighted by Gasteiger charge is -2.21. The van der Waals surface area contributed by atoms with Gasteiger partial charge in [-0.1, -0.05) is 36.0 Å². The van der Waals surface area contributed by atoms with Crippen molar-refractivity contribution in [3.05, 3.63) is 52.2 Å². The molecule has 0 fully saturated rings. The first-order valence-electron chi connectivity index (χ1n) is 8.45. The molecule has 0 aliphatic heterocycles. The van der Waals surface area contributed by atoms with Crippen molar-refractivity contribution in [1.82, 2.24) is 25.1 Å². The predicted molar refractivity (Wildman–Crippen MR) is 106 cm³/mol. The smallest absolute Gasteiger partial charge is 0.233 e. The van der Waals surface area contributed by atoms with Crippen molar-refractivity contribution in [1.29, 1.82) is 0 Å². The molecule has 3 aromatic rings. The lowest BCUT2D eigenvalue weighted by atomic mass is 10.2. The van der Waals surface area contributed by atoms with Crippen LogP contribution in [0.3, 0.4) is 0 Å². The molecule has 0 saturated carbocycles. The van der Waals surface area contributed by atoms with Gasteiger partial charge in [0.15, 0.2) is 0 Å². The van der Waals surface area contributed by atoms with E-state index < -0.39 is 0 Å². The van der Waals surface area contributed by atoms with Gasteiger partial charge in [0.05, 0.1) is 24.6 Å². The molecule has 2 aromatic heterocycles. The molecule has 0 aliphatic rings. The number of hydrogen-bond donors (Lipinski definition) is 0. The van der Waals surface area contributed by atoms with Crippen molar-refractivity contribution >= 4 is 29.0 Å². The van der Waals surface area contributed by atoms with Crippen LogP contribution in [0.2, 0.25) is 0 Å². The van der Waals surface area contributed by atoms with E-state index in [0.717, 1.165) is 16.1 Å². The minimum Gasteiger partial charge on any atom is -0.383 e. The number of thioether (sulfide) groups is 1. The van der Waals surface area contributed by atoms with Crippen LogP contribution in [0.1, 0.15) is 10.4 Å². The highest BCUT2D eigenvalue weighted by Gasteiger charge is 2.18. The van der Waals surface area contributed by atoms with Crippen molar-refractivity contribution in [3.63, 3.8) is 0 Å². The summed E-state index contributed by atoms with van der Waals surface area (Å²) in [5, 5.41) is 14.5. The maximum Gasteiger partial charge on any atom is 0.233 e. The van der Waals surface area contributed by atoms with Gasteiger partial charge in [-0.15, -0.1) is 16.4 Å². The maximum absolute atomic E-state index is 12.8. The van der Waals surface area contributed by atoms with E-state index in [1.54, 1.807) is 23.1 Å². The Labute approximate surface area is 166 Å². The summed E-state index contributed by atoms with van der Waals surface area (Å²) in [5.41, 5.74) is 1.98. The number of carbonyl (C=O) groups excluding carboxylic acids is 1. The van der Waals surface area contributed by atoms with E-state index in [2.05, 4.69) is 15.5 Å². The van der Waals surface area contributed by atoms with Gasteiger partial charge < -0.3 is 9.64 Å². The summed E-state index contributed by atoms with van der Waals surface area (Å²) >= 11 is 2.98. The molecule has 1 aromatic carbocycles. The number of thiophene rings is 1. The zero-order chi connectivity index (χ0) is 19.1. The van der Waals surface area contributed by atoms with Gasteiger partial charge in [0, 0.05) is 18.5 Å². The largest absolute Gasteiger partial charge is 0.383 e. The molecular formula is C18H21N5O2S2. The highest BCUT2D eigenvalue weighted by molar-refractivity contribution is 7.99. The Morgan fingerprint density at radius 3 is 2.89 bits per heavy atom. The second-order valence-electron chi connectivity index (χ2n) is 5.84. The van der Waals surface area contributed by atoms with Crippen molar-refractivity contribution in [2.75, 3.05) is 26.0 Å². The van der Waals surface area contributed by atoms with Crippen LogP contribution >= 0.6 is 23.1 Å². The average Bonchev–Trinajstić information content (AvgIpc) is 3.35. The van der Waals surface area contributed by atoms with Crippen molar-refractivity contribution < 1.29 is 9.53 Å². The molecule has 0 spiro atoms. The van der Waals surface area contributed by atoms with Crippen LogP contribution in [0.25, 0.3) is 5.69 Å². The Balaban J connectivity index is 1.67. The SMILES string of the molecule is COCCN(Cc1cccs1)C(=O)CSc1nnnn1-c1ccccc1C. The average molecular weight is 404 g/mol. The molecule has 2 heterocycles. The van der Waals surface area contributed by atoms with Gasteiger partial charge in [-0.3, -0.25) is 4.79 Å². The number of tetrazole rings is 1. The van der Waals surface area contributed by atoms with Gasteiger partial charge >= 0.3 is 0 Å². The lowest BCUT2D eigenvalue weighted by Crippen LogP contribution is -2.34. The lowest BCUT2D eigenvalue weighted by molar-refractivity contribution is -0.129. The first-order chi connectivity index (χ1) is 13.2. The van der Waals surface area contributed by atoms with E-state index in [9.17, 15) is 4.79 Å². The Morgan fingerprint density at radius 1 is 1.30 bits per heavy atom. The maximum atomic E-state index is 12.8. The number of benzene rings is 1. The molecule has 3 rings (SSSR count). The summed E-state index contributed by atoms with van der Waals surface area (Å²) in [4.78, 5) is 15.7. The van der Waals surface area contributed by atoms with Crippen molar-refractivity contribution in [3.8, 4) is 5.69 Å². The van der Waals surface area contributed by atoms with Crippen LogP contribution in [0, 0.1) is 6.92 Å². The van der Waals surface area contributed by atoms with E-state index in [0.29, 0.717) is 24.9 Å². The van der Waals surface area contributed by atoms with E-state index in [4.69, 9.17) is 4.74 Å². The third-order valence-corrected chi connectivity index (χ3v) is 5.72. The van der Waals surface area contributed by atoms with E-state index in [-0.39, 0.29) is 11.7 Å². The number of carbonyl (C=O) groups is 1. The number of ether oxygens (including phenoxy) is 1. The van der Waals surface area contributed by atoms with E-state index in [1.165, 1.54) is 11.8 Å². The molecule has 1 amide bonds. The van der Waals surface area contributed by atoms with Crippen LogP contribution in [0.15, 0.2) is 46.9 Å². The number of rotatable bonds is 9. The third kappa shape index (κ3) is 5.15. The van der Waals surface area contributed by atoms with Crippen LogP contribution in [-0.4, -0.2) is 57.0 Å². The number of hydrogen-bond acceptors (Lipinski definition) is 7. The predicted octanol–water partition coefficient (Wildman–Crippen LogP) is 2.80. The Bertz CT molecular complexity index is 866. The summed E-state index contributed by atoms with van der Waals surface area (Å²) < 4.78 is 6.82. The third-order valence-electron chi connectivity index (χ3n) is 3.95. The standard InChI is InChI=1S/C18H21N5O2S2/c1-14-6-3-4-8-16(14)23-18(19-20-21-23)27-13-17(24)22(9-10-25-2)12-15-7-5-11-26-15/h3-8,11H,9-10,12-13H2,1-2H3. The highest BCUT2D eigenvalue weighted by atomic mass is 32.2. The zero-order valence-electron chi connectivity index (χ0n) is 15.2. The molecule has 0 saturated heterocycles. The number of aromatic nitrogens is 4. The number of aryl methyl sites for hydroxylation is 1. The molecule has 0 N–H and O–H groups in total. The summed E-state index contributed by atoms with van der Waals surface area (Å²) in [6.45, 7) is 3.65. The summed E-state index contributed by atoms with van der Waals surface area (Å²) in [6, 6.07) is 11.9. The van der Waals surface area contributed by atoms with Crippen molar-refractivity contribution in [2.24, 2.45) is 0 Å². The molecule has 142 valence electrons. The fourth-order valence-corrected chi connectivity index (χ4v) is 4.03. The molecule has 27 heavy (non-hydrogen) atoms. The summed E-state index contributed by atoms with van der Waals surface area (Å²) in [7, 11) is 1.64. The van der Waals surface area contributed by atoms with Crippen LogP contribution in [0.4, 0.5) is 0 Å². The fraction of sp³-hybridized carbons (Fsp3) is 0.333. The van der Waals surface area contributed by atoms with Gasteiger partial charge in [-0.05, 0) is 40.4 Å². The summed E-state index contributed by atoms with van der Waals surface area (Å²) in [6.07, 6.45) is 0. The molecular weight excluding hydrogens is 382 g/mol. The number of nitrogens with zero attached hydrogens (tertiary/aromatic N) is 5. The minimum atomic E-state index is 0.0322. The van der Waals surface area contributed by atoms with Crippen LogP contribution in [-0.2, 0) is 16.1 Å². The normalized spacial score (nSPS) is 10.9. The number of amides is 1. The van der Waals surface area contributed by atoms with Crippen molar-refractivity contribution in [2.45, 2.75) is 18.6 Å². The Hall–Kier alpha value is -2.23. The van der Waals surface area contributed by atoms with Gasteiger partial charge in [0.2, 0.25) is 11.1 Å². The topological polar surface area (TPSA) is 73.1 Å². The highest BCUT2D eigenvalue weighted by Crippen LogP contribution is 2.21. The van der Waals surface area contributed by atoms with Gasteiger partial charge in [-0.25, -0.2) is 0 Å². The quantitative estimate of drug-likeness (QED) is 0.512.